The van der Waals surface area contributed by atoms with Gasteiger partial charge in [-0.1, -0.05) is 44.5 Å². The topological polar surface area (TPSA) is 88.5 Å². The van der Waals surface area contributed by atoms with Crippen LogP contribution in [-0.2, 0) is 21.4 Å². The van der Waals surface area contributed by atoms with Gasteiger partial charge in [0.1, 0.15) is 5.54 Å². The van der Waals surface area contributed by atoms with E-state index in [1.54, 1.807) is 56.5 Å². The molecule has 1 saturated heterocycles. The summed E-state index contributed by atoms with van der Waals surface area (Å²) in [6.45, 7) is 8.73. The molecule has 1 heterocycles. The Morgan fingerprint density at radius 2 is 1.61 bits per heavy atom. The fourth-order valence-electron chi connectivity index (χ4n) is 5.61. The Labute approximate surface area is 226 Å². The number of methoxy groups -OCH3 is 2. The number of aliphatic imine (C=N–C) groups is 1. The average Bonchev–Trinajstić information content (AvgIpc) is 3.08. The van der Waals surface area contributed by atoms with Crippen molar-refractivity contribution in [1.29, 1.82) is 0 Å². The predicted molar refractivity (Wildman–Crippen MR) is 148 cm³/mol. The monoisotopic (exact) mass is 541 g/mol. The summed E-state index contributed by atoms with van der Waals surface area (Å²) < 4.78 is 39.5. The van der Waals surface area contributed by atoms with Gasteiger partial charge in [0.15, 0.2) is 11.5 Å². The van der Waals surface area contributed by atoms with Gasteiger partial charge in [0, 0.05) is 7.05 Å². The van der Waals surface area contributed by atoms with Crippen LogP contribution in [0.15, 0.2) is 52.4 Å². The third-order valence-electron chi connectivity index (χ3n) is 8.15. The largest absolute Gasteiger partial charge is 0.493 e. The summed E-state index contributed by atoms with van der Waals surface area (Å²) in [4.78, 5) is 20.7. The molecule has 0 unspecified atom stereocenters. The van der Waals surface area contributed by atoms with E-state index < -0.39 is 21.5 Å². The minimum Gasteiger partial charge on any atom is -0.493 e. The van der Waals surface area contributed by atoms with E-state index in [9.17, 15) is 13.2 Å². The molecule has 0 N–H and O–H groups in total. The fourth-order valence-corrected chi connectivity index (χ4v) is 7.08. The lowest BCUT2D eigenvalue weighted by atomic mass is 9.67. The molecule has 1 amide bonds. The summed E-state index contributed by atoms with van der Waals surface area (Å²) in [5, 5.41) is 0. The minimum absolute atomic E-state index is 0.0732. The molecule has 2 fully saturated rings. The van der Waals surface area contributed by atoms with Crippen LogP contribution in [0.25, 0.3) is 0 Å². The Kier molecular flexibility index (Phi) is 7.54. The van der Waals surface area contributed by atoms with Crippen molar-refractivity contribution in [1.82, 2.24) is 9.21 Å². The van der Waals surface area contributed by atoms with Crippen LogP contribution in [0.2, 0.25) is 0 Å². The second kappa shape index (κ2) is 10.2. The molecular weight excluding hydrogens is 502 g/mol. The van der Waals surface area contributed by atoms with Crippen LogP contribution in [0.3, 0.4) is 0 Å². The van der Waals surface area contributed by atoms with Gasteiger partial charge in [-0.25, -0.2) is 13.4 Å². The maximum absolute atomic E-state index is 14.1. The number of hydrogen-bond acceptors (Lipinski definition) is 6. The van der Waals surface area contributed by atoms with Gasteiger partial charge in [0.05, 0.1) is 25.7 Å². The Bertz CT molecular complexity index is 1320. The Morgan fingerprint density at radius 1 is 1.00 bits per heavy atom. The highest BCUT2D eigenvalue weighted by Gasteiger charge is 2.59. The zero-order valence-corrected chi connectivity index (χ0v) is 24.3. The molecule has 0 aromatic heterocycles. The van der Waals surface area contributed by atoms with Gasteiger partial charge >= 0.3 is 0 Å². The maximum Gasteiger partial charge on any atom is 0.273 e. The molecule has 38 heavy (non-hydrogen) atoms. The van der Waals surface area contributed by atoms with Crippen molar-refractivity contribution >= 4 is 21.9 Å². The number of hydrogen-bond donors (Lipinski definition) is 0. The smallest absolute Gasteiger partial charge is 0.273 e. The van der Waals surface area contributed by atoms with Crippen LogP contribution in [0.1, 0.15) is 57.6 Å². The molecule has 2 aromatic rings. The highest BCUT2D eigenvalue weighted by molar-refractivity contribution is 7.90. The van der Waals surface area contributed by atoms with Gasteiger partial charge < -0.3 is 14.4 Å². The van der Waals surface area contributed by atoms with Crippen molar-refractivity contribution in [3.63, 3.8) is 0 Å². The zero-order valence-electron chi connectivity index (χ0n) is 23.4. The summed E-state index contributed by atoms with van der Waals surface area (Å²) in [6.07, 6.45) is 2.86. The standard InChI is InChI=1S/C29H39N3O5S/c1-20-8-11-23(12-9-20)38(34,35)32-26(33)29(16-14-22(15-17-29)28(2,3)4)31(5)27(32)30-19-21-10-13-24(36-6)25(18-21)37-7/h8-13,18,22H,14-17,19H2,1-7H3. The van der Waals surface area contributed by atoms with Crippen molar-refractivity contribution in [2.24, 2.45) is 16.3 Å². The van der Waals surface area contributed by atoms with E-state index in [1.165, 1.54) is 0 Å². The van der Waals surface area contributed by atoms with E-state index >= 15 is 0 Å². The van der Waals surface area contributed by atoms with E-state index in [1.807, 2.05) is 19.1 Å². The molecule has 2 aliphatic rings. The number of aryl methyl sites for hydroxylation is 1. The van der Waals surface area contributed by atoms with Crippen LogP contribution in [-0.4, -0.2) is 56.3 Å². The first-order valence-corrected chi connectivity index (χ1v) is 14.4. The minimum atomic E-state index is -4.17. The van der Waals surface area contributed by atoms with Gasteiger partial charge in [-0.3, -0.25) is 4.79 Å². The average molecular weight is 542 g/mol. The SMILES string of the molecule is COc1ccc(CN=C2N(C)C3(CCC(C(C)(C)C)CC3)C(=O)N2S(=O)(=O)c2ccc(C)cc2)cc1OC. The first-order chi connectivity index (χ1) is 17.8. The van der Waals surface area contributed by atoms with E-state index in [0.717, 1.165) is 28.3 Å². The maximum atomic E-state index is 14.1. The molecule has 1 saturated carbocycles. The van der Waals surface area contributed by atoms with Crippen molar-refractivity contribution in [2.75, 3.05) is 21.3 Å². The summed E-state index contributed by atoms with van der Waals surface area (Å²) in [6, 6.07) is 12.0. The van der Waals surface area contributed by atoms with Gasteiger partial charge in [0.2, 0.25) is 5.96 Å². The van der Waals surface area contributed by atoms with Crippen LogP contribution in [0.5, 0.6) is 11.5 Å². The molecule has 1 aliphatic heterocycles. The summed E-state index contributed by atoms with van der Waals surface area (Å²) >= 11 is 0. The molecule has 0 radical (unpaired) electrons. The summed E-state index contributed by atoms with van der Waals surface area (Å²) in [7, 11) is 0.762. The third kappa shape index (κ3) is 4.88. The summed E-state index contributed by atoms with van der Waals surface area (Å²) in [5.41, 5.74) is 0.935. The van der Waals surface area contributed by atoms with E-state index in [4.69, 9.17) is 14.5 Å². The zero-order chi connectivity index (χ0) is 27.9. The predicted octanol–water partition coefficient (Wildman–Crippen LogP) is 5.01. The molecule has 206 valence electrons. The van der Waals surface area contributed by atoms with Gasteiger partial charge in [-0.05, 0) is 73.8 Å². The highest BCUT2D eigenvalue weighted by Crippen LogP contribution is 2.47. The van der Waals surface area contributed by atoms with Gasteiger partial charge in [0.25, 0.3) is 15.9 Å². The Morgan fingerprint density at radius 3 is 2.16 bits per heavy atom. The normalized spacial score (nSPS) is 23.4. The molecule has 1 spiro atoms. The number of likely N-dealkylation sites (N-methyl/N-ethyl adjacent to an activating group) is 1. The number of rotatable bonds is 6. The van der Waals surface area contributed by atoms with Crippen LogP contribution < -0.4 is 9.47 Å². The number of carbonyl (C=O) groups is 1. The number of amides is 1. The second-order valence-corrected chi connectivity index (χ2v) is 13.2. The second-order valence-electron chi connectivity index (χ2n) is 11.4. The van der Waals surface area contributed by atoms with Crippen LogP contribution >= 0.6 is 0 Å². The quantitative estimate of drug-likeness (QED) is 0.511. The number of sulfonamides is 1. The number of benzene rings is 2. The molecule has 1 aliphatic carbocycles. The van der Waals surface area contributed by atoms with E-state index in [-0.39, 0.29) is 22.8 Å². The molecule has 8 nitrogen and oxygen atoms in total. The molecule has 2 aromatic carbocycles. The molecular formula is C29H39N3O5S. The first kappa shape index (κ1) is 28.0. The van der Waals surface area contributed by atoms with Crippen molar-refractivity contribution < 1.29 is 22.7 Å². The van der Waals surface area contributed by atoms with E-state index in [2.05, 4.69) is 20.8 Å². The molecule has 9 heteroatoms. The number of carbonyl (C=O) groups excluding carboxylic acids is 1. The number of guanidine groups is 1. The lowest BCUT2D eigenvalue weighted by Gasteiger charge is -2.43. The Hall–Kier alpha value is -3.07. The lowest BCUT2D eigenvalue weighted by Crippen LogP contribution is -2.51. The number of ether oxygens (including phenoxy) is 2. The first-order valence-electron chi connectivity index (χ1n) is 13.0. The Balaban J connectivity index is 1.76. The van der Waals surface area contributed by atoms with Gasteiger partial charge in [-0.15, -0.1) is 0 Å². The highest BCUT2D eigenvalue weighted by atomic mass is 32.2. The van der Waals surface area contributed by atoms with Gasteiger partial charge in [-0.2, -0.15) is 4.31 Å². The van der Waals surface area contributed by atoms with Crippen molar-refractivity contribution in [3.05, 3.63) is 53.6 Å². The van der Waals surface area contributed by atoms with Crippen molar-refractivity contribution in [2.45, 2.75) is 70.4 Å². The van der Waals surface area contributed by atoms with Crippen LogP contribution in [0.4, 0.5) is 0 Å². The fraction of sp³-hybridized carbons (Fsp3) is 0.517. The van der Waals surface area contributed by atoms with E-state index in [0.29, 0.717) is 30.3 Å². The van der Waals surface area contributed by atoms with Crippen LogP contribution in [0, 0.1) is 18.3 Å². The number of nitrogens with zero attached hydrogens (tertiary/aromatic N) is 3. The molecule has 0 bridgehead atoms. The third-order valence-corrected chi connectivity index (χ3v) is 9.83. The molecule has 4 rings (SSSR count). The lowest BCUT2D eigenvalue weighted by molar-refractivity contribution is -0.132. The molecule has 0 atom stereocenters. The van der Waals surface area contributed by atoms with Crippen molar-refractivity contribution in [3.8, 4) is 11.5 Å². The summed E-state index contributed by atoms with van der Waals surface area (Å²) in [5.74, 6) is 1.35.